The van der Waals surface area contributed by atoms with Gasteiger partial charge < -0.3 is 9.47 Å². The summed E-state index contributed by atoms with van der Waals surface area (Å²) in [6, 6.07) is 14.6. The van der Waals surface area contributed by atoms with Gasteiger partial charge >= 0.3 is 5.97 Å². The van der Waals surface area contributed by atoms with Crippen molar-refractivity contribution in [2.75, 3.05) is 32.8 Å². The fourth-order valence-corrected chi connectivity index (χ4v) is 3.85. The number of carbonyl (C=O) groups is 1. The smallest absolute Gasteiger partial charge is 0.310 e. The maximum atomic E-state index is 13.8. The van der Waals surface area contributed by atoms with Crippen LogP contribution in [0.25, 0.3) is 5.57 Å². The van der Waals surface area contributed by atoms with E-state index in [1.54, 1.807) is 12.3 Å². The van der Waals surface area contributed by atoms with Gasteiger partial charge in [-0.25, -0.2) is 4.39 Å². The molecule has 1 aliphatic heterocycles. The quantitative estimate of drug-likeness (QED) is 0.355. The van der Waals surface area contributed by atoms with Crippen LogP contribution in [-0.4, -0.2) is 43.7 Å². The number of rotatable bonds is 8. The van der Waals surface area contributed by atoms with Crippen LogP contribution in [0.2, 0.25) is 0 Å². The number of nitrogens with zero attached hydrogens (tertiary/aromatic N) is 1. The molecule has 1 saturated heterocycles. The Morgan fingerprint density at radius 2 is 2.07 bits per heavy atom. The molecule has 1 atom stereocenters. The zero-order valence-corrected chi connectivity index (χ0v) is 17.8. The van der Waals surface area contributed by atoms with Gasteiger partial charge in [-0.15, -0.1) is 0 Å². The Labute approximate surface area is 178 Å². The number of ether oxygens (including phenoxy) is 2. The number of likely N-dealkylation sites (tertiary alicyclic amines) is 1. The van der Waals surface area contributed by atoms with E-state index in [1.165, 1.54) is 12.1 Å². The number of benzene rings is 2. The molecule has 3 rings (SSSR count). The molecule has 2 aromatic carbocycles. The van der Waals surface area contributed by atoms with Gasteiger partial charge in [-0.1, -0.05) is 36.4 Å². The lowest BCUT2D eigenvalue weighted by Gasteiger charge is -2.31. The highest BCUT2D eigenvalue weighted by Crippen LogP contribution is 2.27. The van der Waals surface area contributed by atoms with Crippen molar-refractivity contribution in [1.82, 2.24) is 4.90 Å². The van der Waals surface area contributed by atoms with Crippen LogP contribution in [0.4, 0.5) is 4.39 Å². The second kappa shape index (κ2) is 10.9. The fraction of sp³-hybridized carbons (Fsp3) is 0.400. The second-order valence-corrected chi connectivity index (χ2v) is 7.62. The van der Waals surface area contributed by atoms with Crippen LogP contribution < -0.4 is 0 Å². The first kappa shape index (κ1) is 22.0. The summed E-state index contributed by atoms with van der Waals surface area (Å²) < 4.78 is 24.9. The van der Waals surface area contributed by atoms with E-state index in [-0.39, 0.29) is 17.7 Å². The van der Waals surface area contributed by atoms with Gasteiger partial charge in [-0.3, -0.25) is 9.69 Å². The van der Waals surface area contributed by atoms with E-state index in [4.69, 9.17) is 9.47 Å². The Bertz CT molecular complexity index is 880. The first-order chi connectivity index (χ1) is 14.6. The normalized spacial score (nSPS) is 17.6. The van der Waals surface area contributed by atoms with E-state index in [2.05, 4.69) is 4.90 Å². The predicted molar refractivity (Wildman–Crippen MR) is 116 cm³/mol. The molecule has 1 fully saturated rings. The molecule has 0 saturated carbocycles. The second-order valence-electron chi connectivity index (χ2n) is 7.62. The van der Waals surface area contributed by atoms with Crippen molar-refractivity contribution in [3.8, 4) is 0 Å². The third kappa shape index (κ3) is 5.92. The minimum absolute atomic E-state index is 0.0518. The predicted octanol–water partition coefficient (Wildman–Crippen LogP) is 4.82. The lowest BCUT2D eigenvalue weighted by atomic mass is 9.95. The lowest BCUT2D eigenvalue weighted by Crippen LogP contribution is -2.40. The summed E-state index contributed by atoms with van der Waals surface area (Å²) >= 11 is 0. The molecular formula is C25H30FNO3. The number of hydrogen-bond acceptors (Lipinski definition) is 4. The summed E-state index contributed by atoms with van der Waals surface area (Å²) in [6.07, 6.45) is 3.59. The molecule has 0 radical (unpaired) electrons. The Morgan fingerprint density at radius 1 is 1.23 bits per heavy atom. The summed E-state index contributed by atoms with van der Waals surface area (Å²) in [5.74, 6) is -0.426. The number of piperidine rings is 1. The molecule has 0 bridgehead atoms. The monoisotopic (exact) mass is 411 g/mol. The van der Waals surface area contributed by atoms with Crippen molar-refractivity contribution in [3.63, 3.8) is 0 Å². The number of aryl methyl sites for hydroxylation is 1. The molecule has 30 heavy (non-hydrogen) atoms. The summed E-state index contributed by atoms with van der Waals surface area (Å²) in [5, 5.41) is 0. The summed E-state index contributed by atoms with van der Waals surface area (Å²) in [4.78, 5) is 14.3. The van der Waals surface area contributed by atoms with Gasteiger partial charge in [-0.2, -0.15) is 0 Å². The maximum absolute atomic E-state index is 13.8. The number of hydrogen-bond donors (Lipinski definition) is 0. The van der Waals surface area contributed by atoms with Gasteiger partial charge in [0.15, 0.2) is 0 Å². The third-order valence-electron chi connectivity index (χ3n) is 5.42. The molecule has 160 valence electrons. The van der Waals surface area contributed by atoms with Crippen molar-refractivity contribution < 1.29 is 18.7 Å². The SMILES string of the molecule is CCOC(=O)[C@@H]1CCCN(CCO/C=C(/c2cccc(F)c2)c2ccccc2C)C1. The fourth-order valence-electron chi connectivity index (χ4n) is 3.85. The summed E-state index contributed by atoms with van der Waals surface area (Å²) in [6.45, 7) is 7.19. The molecule has 0 aliphatic carbocycles. The van der Waals surface area contributed by atoms with Gasteiger partial charge in [0.05, 0.1) is 18.8 Å². The summed E-state index contributed by atoms with van der Waals surface area (Å²) in [7, 11) is 0. The molecule has 0 unspecified atom stereocenters. The van der Waals surface area contributed by atoms with Gasteiger partial charge in [0.1, 0.15) is 12.4 Å². The highest BCUT2D eigenvalue weighted by molar-refractivity contribution is 5.80. The van der Waals surface area contributed by atoms with Gasteiger partial charge in [0.25, 0.3) is 0 Å². The molecular weight excluding hydrogens is 381 g/mol. The van der Waals surface area contributed by atoms with Crippen LogP contribution in [-0.2, 0) is 14.3 Å². The molecule has 0 amide bonds. The maximum Gasteiger partial charge on any atom is 0.310 e. The van der Waals surface area contributed by atoms with Gasteiger partial charge in [-0.05, 0) is 62.1 Å². The van der Waals surface area contributed by atoms with E-state index < -0.39 is 0 Å². The number of carbonyl (C=O) groups excluding carboxylic acids is 1. The van der Waals surface area contributed by atoms with E-state index in [0.717, 1.165) is 48.2 Å². The van der Waals surface area contributed by atoms with Crippen LogP contribution in [0.5, 0.6) is 0 Å². The van der Waals surface area contributed by atoms with Crippen LogP contribution in [0.3, 0.4) is 0 Å². The Balaban J connectivity index is 1.65. The molecule has 4 nitrogen and oxygen atoms in total. The zero-order chi connectivity index (χ0) is 21.3. The summed E-state index contributed by atoms with van der Waals surface area (Å²) in [5.41, 5.74) is 3.76. The molecule has 1 aliphatic rings. The van der Waals surface area contributed by atoms with Crippen molar-refractivity contribution in [1.29, 1.82) is 0 Å². The van der Waals surface area contributed by atoms with Crippen molar-refractivity contribution >= 4 is 11.5 Å². The minimum atomic E-state index is -0.273. The zero-order valence-electron chi connectivity index (χ0n) is 17.8. The Hall–Kier alpha value is -2.66. The number of halogens is 1. The first-order valence-electron chi connectivity index (χ1n) is 10.6. The molecule has 2 aromatic rings. The van der Waals surface area contributed by atoms with Gasteiger partial charge in [0, 0.05) is 18.7 Å². The standard InChI is InChI=1S/C25H30FNO3/c1-3-30-25(28)21-10-7-13-27(17-21)14-15-29-18-24(20-9-6-11-22(26)16-20)23-12-5-4-8-19(23)2/h4-6,8-9,11-12,16,18,21H,3,7,10,13-15,17H2,1-2H3/b24-18-/t21-/m1/s1. The van der Waals surface area contributed by atoms with Crippen molar-refractivity contribution in [2.24, 2.45) is 5.92 Å². The Kier molecular flexibility index (Phi) is 8.03. The van der Waals surface area contributed by atoms with Crippen LogP contribution in [0.15, 0.2) is 54.8 Å². The van der Waals surface area contributed by atoms with Crippen molar-refractivity contribution in [2.45, 2.75) is 26.7 Å². The molecule has 5 heteroatoms. The minimum Gasteiger partial charge on any atom is -0.499 e. The van der Waals surface area contributed by atoms with E-state index >= 15 is 0 Å². The van der Waals surface area contributed by atoms with Crippen molar-refractivity contribution in [3.05, 3.63) is 77.3 Å². The van der Waals surface area contributed by atoms with Crippen LogP contribution >= 0.6 is 0 Å². The topological polar surface area (TPSA) is 38.8 Å². The highest BCUT2D eigenvalue weighted by atomic mass is 19.1. The molecule has 0 aromatic heterocycles. The average molecular weight is 412 g/mol. The molecule has 1 heterocycles. The average Bonchev–Trinajstić information content (AvgIpc) is 2.75. The molecule has 0 N–H and O–H groups in total. The van der Waals surface area contributed by atoms with E-state index in [0.29, 0.717) is 19.8 Å². The first-order valence-corrected chi connectivity index (χ1v) is 10.6. The lowest BCUT2D eigenvalue weighted by molar-refractivity contribution is -0.150. The van der Waals surface area contributed by atoms with Crippen LogP contribution in [0.1, 0.15) is 36.5 Å². The van der Waals surface area contributed by atoms with E-state index in [1.807, 2.05) is 44.2 Å². The molecule has 0 spiro atoms. The van der Waals surface area contributed by atoms with E-state index in [9.17, 15) is 9.18 Å². The third-order valence-corrected chi connectivity index (χ3v) is 5.42. The Morgan fingerprint density at radius 3 is 2.83 bits per heavy atom. The van der Waals surface area contributed by atoms with Crippen LogP contribution in [0, 0.1) is 18.7 Å². The highest BCUT2D eigenvalue weighted by Gasteiger charge is 2.26. The largest absolute Gasteiger partial charge is 0.499 e. The van der Waals surface area contributed by atoms with Gasteiger partial charge in [0.2, 0.25) is 0 Å². The number of esters is 1.